The lowest BCUT2D eigenvalue weighted by Gasteiger charge is -2.35. The minimum absolute atomic E-state index is 0.203. The van der Waals surface area contributed by atoms with Crippen molar-refractivity contribution in [3.63, 3.8) is 0 Å². The first-order chi connectivity index (χ1) is 18.0. The second kappa shape index (κ2) is 9.24. The number of allylic oxidation sites excluding steroid dienone is 1. The predicted octanol–water partition coefficient (Wildman–Crippen LogP) is 6.24. The van der Waals surface area contributed by atoms with Crippen LogP contribution in [0.25, 0.3) is 17.0 Å². The van der Waals surface area contributed by atoms with Crippen molar-refractivity contribution in [1.29, 1.82) is 0 Å². The summed E-state index contributed by atoms with van der Waals surface area (Å²) in [4.78, 5) is 20.1. The fourth-order valence-corrected chi connectivity index (χ4v) is 5.33. The molecule has 0 saturated heterocycles. The zero-order valence-corrected chi connectivity index (χ0v) is 21.1. The zero-order chi connectivity index (χ0) is 25.5. The Kier molecular flexibility index (Phi) is 5.75. The van der Waals surface area contributed by atoms with Gasteiger partial charge in [-0.25, -0.2) is 4.79 Å². The Morgan fingerprint density at radius 3 is 2.68 bits per heavy atom. The topological polar surface area (TPSA) is 80.5 Å². The lowest BCUT2D eigenvalue weighted by Crippen LogP contribution is -2.46. The molecule has 1 aliphatic heterocycles. The highest BCUT2D eigenvalue weighted by atomic mass is 16.5. The van der Waals surface area contributed by atoms with E-state index in [0.717, 1.165) is 52.9 Å². The summed E-state index contributed by atoms with van der Waals surface area (Å²) in [6.45, 7) is 3.96. The molecular weight excluding hydrogens is 464 g/mol. The summed E-state index contributed by atoms with van der Waals surface area (Å²) < 4.78 is 11.3. The smallest absolute Gasteiger partial charge is 0.326 e. The highest BCUT2D eigenvalue weighted by Crippen LogP contribution is 2.40. The molecule has 7 nitrogen and oxygen atoms in total. The van der Waals surface area contributed by atoms with Crippen LogP contribution in [0.2, 0.25) is 0 Å². The minimum Gasteiger partial charge on any atom is -0.497 e. The van der Waals surface area contributed by atoms with Crippen LogP contribution in [0, 0.1) is 6.92 Å². The Labute approximate surface area is 215 Å². The first-order valence-electron chi connectivity index (χ1n) is 12.5. The quantitative estimate of drug-likeness (QED) is 0.356. The highest BCUT2D eigenvalue weighted by molar-refractivity contribution is 6.01. The molecule has 0 bridgehead atoms. The standard InChI is InChI=1S/C30H28N4O3/c1-18-7-4-11-23(15-18)28-32-29(37-33-28)26-19(2)34(24-14-13-20-8-5-9-21(20)16-24)30(35)31-27(26)22-10-6-12-25(17-22)36-3/h4,6-7,10-17,27H,5,8-9H2,1-3H3,(H,31,35). The number of urea groups is 1. The molecule has 0 spiro atoms. The number of nitrogens with zero attached hydrogens (tertiary/aromatic N) is 3. The van der Waals surface area contributed by atoms with E-state index in [4.69, 9.17) is 14.2 Å². The molecular formula is C30H28N4O3. The third kappa shape index (κ3) is 4.16. The van der Waals surface area contributed by atoms with Crippen molar-refractivity contribution in [2.75, 3.05) is 12.0 Å². The maximum atomic E-state index is 13.6. The molecule has 4 aromatic rings. The van der Waals surface area contributed by atoms with Crippen molar-refractivity contribution in [3.05, 3.63) is 101 Å². The Morgan fingerprint density at radius 2 is 1.84 bits per heavy atom. The third-order valence-corrected chi connectivity index (χ3v) is 7.18. The molecule has 2 amide bonds. The number of nitrogens with one attached hydrogen (secondary N) is 1. The van der Waals surface area contributed by atoms with Gasteiger partial charge in [-0.15, -0.1) is 0 Å². The van der Waals surface area contributed by atoms with E-state index in [0.29, 0.717) is 17.5 Å². The molecule has 1 atom stereocenters. The number of rotatable bonds is 5. The molecule has 3 aromatic carbocycles. The number of methoxy groups -OCH3 is 1. The molecule has 186 valence electrons. The van der Waals surface area contributed by atoms with Crippen LogP contribution in [0.5, 0.6) is 5.75 Å². The second-order valence-electron chi connectivity index (χ2n) is 9.59. The summed E-state index contributed by atoms with van der Waals surface area (Å²) in [5.41, 5.74) is 7.84. The Balaban J connectivity index is 1.49. The van der Waals surface area contributed by atoms with Gasteiger partial charge in [-0.3, -0.25) is 4.90 Å². The van der Waals surface area contributed by atoms with Crippen molar-refractivity contribution in [3.8, 4) is 17.1 Å². The molecule has 2 aliphatic rings. The Morgan fingerprint density at radius 1 is 1.00 bits per heavy atom. The van der Waals surface area contributed by atoms with Crippen LogP contribution in [0.3, 0.4) is 0 Å². The van der Waals surface area contributed by atoms with E-state index in [2.05, 4.69) is 22.6 Å². The van der Waals surface area contributed by atoms with Gasteiger partial charge in [0, 0.05) is 11.3 Å². The van der Waals surface area contributed by atoms with Crippen LogP contribution >= 0.6 is 0 Å². The molecule has 0 saturated carbocycles. The van der Waals surface area contributed by atoms with E-state index < -0.39 is 6.04 Å². The van der Waals surface area contributed by atoms with Gasteiger partial charge >= 0.3 is 6.03 Å². The third-order valence-electron chi connectivity index (χ3n) is 7.18. The highest BCUT2D eigenvalue weighted by Gasteiger charge is 2.37. The van der Waals surface area contributed by atoms with Gasteiger partial charge in [0.25, 0.3) is 5.89 Å². The maximum Gasteiger partial charge on any atom is 0.326 e. The predicted molar refractivity (Wildman–Crippen MR) is 142 cm³/mol. The Hall–Kier alpha value is -4.39. The summed E-state index contributed by atoms with van der Waals surface area (Å²) in [5.74, 6) is 1.58. The van der Waals surface area contributed by atoms with E-state index in [1.807, 2.05) is 68.4 Å². The number of anilines is 1. The maximum absolute atomic E-state index is 13.6. The second-order valence-corrected chi connectivity index (χ2v) is 9.59. The molecule has 2 heterocycles. The van der Waals surface area contributed by atoms with Crippen molar-refractivity contribution in [2.45, 2.75) is 39.2 Å². The summed E-state index contributed by atoms with van der Waals surface area (Å²) in [6, 6.07) is 21.2. The summed E-state index contributed by atoms with van der Waals surface area (Å²) in [7, 11) is 1.63. The summed E-state index contributed by atoms with van der Waals surface area (Å²) in [6.07, 6.45) is 3.26. The number of hydrogen-bond acceptors (Lipinski definition) is 5. The number of ether oxygens (including phenoxy) is 1. The number of amides is 2. The van der Waals surface area contributed by atoms with Crippen LogP contribution in [0.4, 0.5) is 10.5 Å². The fraction of sp³-hybridized carbons (Fsp3) is 0.233. The van der Waals surface area contributed by atoms with E-state index in [9.17, 15) is 4.79 Å². The lowest BCUT2D eigenvalue weighted by atomic mass is 9.94. The minimum atomic E-state index is -0.487. The van der Waals surface area contributed by atoms with E-state index in [1.165, 1.54) is 11.1 Å². The van der Waals surface area contributed by atoms with Crippen molar-refractivity contribution >= 4 is 17.3 Å². The fourth-order valence-electron chi connectivity index (χ4n) is 5.33. The van der Waals surface area contributed by atoms with Gasteiger partial charge in [0.15, 0.2) is 0 Å². The van der Waals surface area contributed by atoms with Crippen LogP contribution in [0.15, 0.2) is 77.0 Å². The number of benzene rings is 3. The molecule has 1 N–H and O–H groups in total. The number of carbonyl (C=O) groups excluding carboxylic acids is 1. The van der Waals surface area contributed by atoms with Gasteiger partial charge in [-0.2, -0.15) is 4.98 Å². The normalized spacial score (nSPS) is 17.1. The molecule has 0 radical (unpaired) electrons. The zero-order valence-electron chi connectivity index (χ0n) is 21.1. The number of carbonyl (C=O) groups is 1. The van der Waals surface area contributed by atoms with Crippen LogP contribution in [-0.2, 0) is 12.8 Å². The first-order valence-corrected chi connectivity index (χ1v) is 12.5. The van der Waals surface area contributed by atoms with Gasteiger partial charge in [-0.1, -0.05) is 47.1 Å². The molecule has 37 heavy (non-hydrogen) atoms. The van der Waals surface area contributed by atoms with Crippen molar-refractivity contribution < 1.29 is 14.1 Å². The van der Waals surface area contributed by atoms with Gasteiger partial charge in [0.1, 0.15) is 5.75 Å². The SMILES string of the molecule is COc1cccc(C2NC(=O)N(c3ccc4c(c3)CCC4)C(C)=C2c2nc(-c3cccc(C)c3)no2)c1. The van der Waals surface area contributed by atoms with Gasteiger partial charge in [0.2, 0.25) is 5.82 Å². The van der Waals surface area contributed by atoms with Crippen LogP contribution in [0.1, 0.15) is 47.5 Å². The summed E-state index contributed by atoms with van der Waals surface area (Å²) in [5, 5.41) is 7.47. The van der Waals surface area contributed by atoms with Crippen LogP contribution in [-0.4, -0.2) is 23.3 Å². The van der Waals surface area contributed by atoms with Crippen molar-refractivity contribution in [2.24, 2.45) is 0 Å². The largest absolute Gasteiger partial charge is 0.497 e. The average Bonchev–Trinajstić information content (AvgIpc) is 3.58. The first kappa shape index (κ1) is 23.0. The van der Waals surface area contributed by atoms with Crippen molar-refractivity contribution in [1.82, 2.24) is 15.5 Å². The molecule has 1 aromatic heterocycles. The number of aromatic nitrogens is 2. The Bertz CT molecular complexity index is 1540. The molecule has 7 heteroatoms. The van der Waals surface area contributed by atoms with Gasteiger partial charge < -0.3 is 14.6 Å². The van der Waals surface area contributed by atoms with E-state index >= 15 is 0 Å². The van der Waals surface area contributed by atoms with Gasteiger partial charge in [-0.05, 0) is 80.1 Å². The summed E-state index contributed by atoms with van der Waals surface area (Å²) >= 11 is 0. The number of fused-ring (bicyclic) bond motifs is 1. The molecule has 0 fully saturated rings. The lowest BCUT2D eigenvalue weighted by molar-refractivity contribution is 0.244. The molecule has 1 unspecified atom stereocenters. The molecule has 6 rings (SSSR count). The average molecular weight is 493 g/mol. The van der Waals surface area contributed by atoms with E-state index in [-0.39, 0.29) is 6.03 Å². The monoisotopic (exact) mass is 492 g/mol. The molecule has 1 aliphatic carbocycles. The van der Waals surface area contributed by atoms with Gasteiger partial charge in [0.05, 0.1) is 24.4 Å². The van der Waals surface area contributed by atoms with Crippen LogP contribution < -0.4 is 15.0 Å². The number of hydrogen-bond donors (Lipinski definition) is 1. The number of aryl methyl sites for hydroxylation is 3. The van der Waals surface area contributed by atoms with E-state index in [1.54, 1.807) is 12.0 Å².